The Morgan fingerprint density at radius 1 is 1.15 bits per heavy atom. The van der Waals surface area contributed by atoms with Gasteiger partial charge in [0.15, 0.2) is 0 Å². The number of carbonyl (C=O) groups excluding carboxylic acids is 3. The Balaban J connectivity index is 1.84. The second-order valence-corrected chi connectivity index (χ2v) is 9.79. The van der Waals surface area contributed by atoms with Gasteiger partial charge < -0.3 is 14.4 Å². The Labute approximate surface area is 198 Å². The minimum atomic E-state index is -3.53. The first kappa shape index (κ1) is 26.6. The molecule has 0 radical (unpaired) electrons. The van der Waals surface area contributed by atoms with E-state index in [1.165, 1.54) is 58.4 Å². The molecule has 0 spiro atoms. The van der Waals surface area contributed by atoms with E-state index in [9.17, 15) is 22.8 Å². The molecule has 180 valence electrons. The van der Waals surface area contributed by atoms with Crippen molar-refractivity contribution >= 4 is 45.7 Å². The number of amides is 1. The van der Waals surface area contributed by atoms with Gasteiger partial charge in [0.05, 0.1) is 35.5 Å². The van der Waals surface area contributed by atoms with Gasteiger partial charge in [-0.3, -0.25) is 4.79 Å². The molecule has 1 aliphatic rings. The molecule has 0 bridgehead atoms. The Bertz CT molecular complexity index is 1010. The Morgan fingerprint density at radius 3 is 2.42 bits per heavy atom. The van der Waals surface area contributed by atoms with Crippen LogP contribution in [0.2, 0.25) is 0 Å². The van der Waals surface area contributed by atoms with Gasteiger partial charge in [0.25, 0.3) is 0 Å². The summed E-state index contributed by atoms with van der Waals surface area (Å²) in [6.45, 7) is 4.76. The molecule has 33 heavy (non-hydrogen) atoms. The lowest BCUT2D eigenvalue weighted by Gasteiger charge is -2.18. The topological polar surface area (TPSA) is 110 Å². The van der Waals surface area contributed by atoms with Crippen molar-refractivity contribution in [2.75, 3.05) is 39.1 Å². The Morgan fingerprint density at radius 2 is 1.82 bits per heavy atom. The van der Waals surface area contributed by atoms with Crippen molar-refractivity contribution < 1.29 is 32.3 Å². The fraction of sp³-hybridized carbons (Fsp3) is 0.409. The minimum Gasteiger partial charge on any atom is -0.466 e. The van der Waals surface area contributed by atoms with Gasteiger partial charge in [0, 0.05) is 25.7 Å². The number of nitrogens with zero attached hydrogens (tertiary/aromatic N) is 2. The first-order valence-corrected chi connectivity index (χ1v) is 12.8. The van der Waals surface area contributed by atoms with Crippen LogP contribution in [0.25, 0.3) is 6.08 Å². The molecule has 1 aromatic rings. The summed E-state index contributed by atoms with van der Waals surface area (Å²) >= 11 is 1.26. The van der Waals surface area contributed by atoms with E-state index in [0.29, 0.717) is 36.6 Å². The third-order valence-electron chi connectivity index (χ3n) is 4.76. The second-order valence-electron chi connectivity index (χ2n) is 6.85. The number of hydrogen-bond acceptors (Lipinski definition) is 8. The van der Waals surface area contributed by atoms with Crippen LogP contribution in [-0.4, -0.2) is 74.6 Å². The van der Waals surface area contributed by atoms with Crippen molar-refractivity contribution in [3.8, 4) is 0 Å². The van der Waals surface area contributed by atoms with Gasteiger partial charge in [0.1, 0.15) is 0 Å². The predicted octanol–water partition coefficient (Wildman–Crippen LogP) is 2.25. The van der Waals surface area contributed by atoms with Gasteiger partial charge in [-0.15, -0.1) is 0 Å². The maximum Gasteiger partial charge on any atom is 0.333 e. The van der Waals surface area contributed by atoms with Crippen LogP contribution in [-0.2, 0) is 33.9 Å². The molecule has 0 atom stereocenters. The molecule has 1 saturated heterocycles. The monoisotopic (exact) mass is 496 g/mol. The van der Waals surface area contributed by atoms with Gasteiger partial charge in [-0.05, 0) is 30.2 Å². The van der Waals surface area contributed by atoms with Crippen LogP contribution < -0.4 is 0 Å². The number of carbonyl (C=O) groups is 3. The number of rotatable bonds is 11. The zero-order valence-electron chi connectivity index (χ0n) is 18.9. The van der Waals surface area contributed by atoms with E-state index >= 15 is 0 Å². The largest absolute Gasteiger partial charge is 0.466 e. The third kappa shape index (κ3) is 7.44. The van der Waals surface area contributed by atoms with Crippen LogP contribution in [0.5, 0.6) is 0 Å². The standard InChI is InChI=1S/C22H28N2O7S2/c1-4-23(5-2)33(28,29)18-10-7-17(8-11-18)9-12-21(26)31-14-6-13-24-19(25)16-32-20(24)15-22(27)30-3/h7-12,15H,4-6,13-14,16H2,1-3H3/b12-9+,20-15-. The highest BCUT2D eigenvalue weighted by Crippen LogP contribution is 2.28. The summed E-state index contributed by atoms with van der Waals surface area (Å²) in [6, 6.07) is 6.24. The van der Waals surface area contributed by atoms with E-state index < -0.39 is 22.0 Å². The first-order valence-electron chi connectivity index (χ1n) is 10.4. The van der Waals surface area contributed by atoms with Crippen LogP contribution >= 0.6 is 11.8 Å². The van der Waals surface area contributed by atoms with Gasteiger partial charge >= 0.3 is 11.9 Å². The van der Waals surface area contributed by atoms with E-state index in [0.717, 1.165) is 0 Å². The Kier molecular flexibility index (Phi) is 10.1. The van der Waals surface area contributed by atoms with Crippen molar-refractivity contribution in [3.05, 3.63) is 47.0 Å². The fourth-order valence-electron chi connectivity index (χ4n) is 3.00. The van der Waals surface area contributed by atoms with Crippen molar-refractivity contribution in [2.45, 2.75) is 25.2 Å². The highest BCUT2D eigenvalue weighted by molar-refractivity contribution is 8.04. The summed E-state index contributed by atoms with van der Waals surface area (Å²) < 4.78 is 36.1. The lowest BCUT2D eigenvalue weighted by atomic mass is 10.2. The molecule has 0 saturated carbocycles. The number of hydrogen-bond donors (Lipinski definition) is 0. The van der Waals surface area contributed by atoms with Crippen molar-refractivity contribution in [2.24, 2.45) is 0 Å². The molecule has 1 aliphatic heterocycles. The summed E-state index contributed by atoms with van der Waals surface area (Å²) in [7, 11) is -2.26. The normalized spacial score (nSPS) is 15.6. The molecule has 0 aromatic heterocycles. The van der Waals surface area contributed by atoms with E-state index in [-0.39, 0.29) is 23.2 Å². The molecule has 11 heteroatoms. The third-order valence-corrected chi connectivity index (χ3v) is 7.85. The highest BCUT2D eigenvalue weighted by atomic mass is 32.2. The summed E-state index contributed by atoms with van der Waals surface area (Å²) in [4.78, 5) is 37.0. The van der Waals surface area contributed by atoms with Crippen LogP contribution in [0.15, 0.2) is 46.3 Å². The molecule has 1 heterocycles. The van der Waals surface area contributed by atoms with E-state index in [1.807, 2.05) is 0 Å². The predicted molar refractivity (Wildman–Crippen MR) is 125 cm³/mol. The average molecular weight is 497 g/mol. The number of sulfonamides is 1. The summed E-state index contributed by atoms with van der Waals surface area (Å²) in [6.07, 6.45) is 4.46. The Hall–Kier alpha value is -2.63. The maximum absolute atomic E-state index is 12.5. The molecule has 0 N–H and O–H groups in total. The number of methoxy groups -OCH3 is 1. The number of esters is 2. The molecule has 1 amide bonds. The van der Waals surface area contributed by atoms with E-state index in [2.05, 4.69) is 4.74 Å². The lowest BCUT2D eigenvalue weighted by molar-refractivity contribution is -0.138. The zero-order valence-corrected chi connectivity index (χ0v) is 20.5. The number of benzene rings is 1. The molecule has 0 unspecified atom stereocenters. The second kappa shape index (κ2) is 12.6. The summed E-state index contributed by atoms with van der Waals surface area (Å²) in [5.74, 6) is -0.956. The first-order chi connectivity index (χ1) is 15.7. The van der Waals surface area contributed by atoms with Crippen molar-refractivity contribution in [3.63, 3.8) is 0 Å². The van der Waals surface area contributed by atoms with Crippen molar-refractivity contribution in [1.29, 1.82) is 0 Å². The molecule has 0 aliphatic carbocycles. The van der Waals surface area contributed by atoms with Gasteiger partial charge in [-0.2, -0.15) is 4.31 Å². The average Bonchev–Trinajstić information content (AvgIpc) is 3.14. The van der Waals surface area contributed by atoms with Crippen LogP contribution in [0.3, 0.4) is 0 Å². The molecule has 1 aromatic carbocycles. The maximum atomic E-state index is 12.5. The zero-order chi connectivity index (χ0) is 24.4. The van der Waals surface area contributed by atoms with E-state index in [1.54, 1.807) is 26.0 Å². The smallest absolute Gasteiger partial charge is 0.333 e. The molecule has 1 fully saturated rings. The highest BCUT2D eigenvalue weighted by Gasteiger charge is 2.27. The molecule has 9 nitrogen and oxygen atoms in total. The fourth-order valence-corrected chi connectivity index (χ4v) is 5.41. The molecule has 2 rings (SSSR count). The summed E-state index contributed by atoms with van der Waals surface area (Å²) in [5, 5.41) is 0.518. The van der Waals surface area contributed by atoms with Crippen LogP contribution in [0.4, 0.5) is 0 Å². The quantitative estimate of drug-likeness (QED) is 0.261. The lowest BCUT2D eigenvalue weighted by Crippen LogP contribution is -2.30. The number of thioether (sulfide) groups is 1. The summed E-state index contributed by atoms with van der Waals surface area (Å²) in [5.41, 5.74) is 0.655. The molecular weight excluding hydrogens is 468 g/mol. The van der Waals surface area contributed by atoms with Gasteiger partial charge in [0.2, 0.25) is 15.9 Å². The van der Waals surface area contributed by atoms with E-state index in [4.69, 9.17) is 4.74 Å². The number of ether oxygens (including phenoxy) is 2. The van der Waals surface area contributed by atoms with Crippen molar-refractivity contribution in [1.82, 2.24) is 9.21 Å². The molecular formula is C22H28N2O7S2. The minimum absolute atomic E-state index is 0.101. The SMILES string of the molecule is CCN(CC)S(=O)(=O)c1ccc(/C=C/C(=O)OCCCN2C(=O)CS/C2=C\C(=O)OC)cc1. The van der Waals surface area contributed by atoms with Gasteiger partial charge in [-0.25, -0.2) is 18.0 Å². The van der Waals surface area contributed by atoms with Crippen LogP contribution in [0, 0.1) is 0 Å². The van der Waals surface area contributed by atoms with Crippen LogP contribution in [0.1, 0.15) is 25.8 Å². The van der Waals surface area contributed by atoms with Gasteiger partial charge in [-0.1, -0.05) is 37.7 Å².